The standard InChI is InChI=1S/C24H38N4O2/c1-18(2)26-24(30)28-14-7-11-22(17-28)20-9-6-10-21(16-20)23(29)25-12-15-27-13-5-4-8-19(27)3/h6,9-10,16,18-19,22H,4-5,7-8,11-15,17H2,1-3H3,(H,25,29)(H,26,30)/t19-,22+/m1/s1. The number of amides is 3. The normalized spacial score (nSPS) is 22.7. The van der Waals surface area contributed by atoms with Crippen LogP contribution < -0.4 is 10.6 Å². The quantitative estimate of drug-likeness (QED) is 0.748. The second-order valence-electron chi connectivity index (χ2n) is 9.15. The van der Waals surface area contributed by atoms with Crippen molar-refractivity contribution in [3.05, 3.63) is 35.4 Å². The molecule has 166 valence electrons. The highest BCUT2D eigenvalue weighted by atomic mass is 16.2. The monoisotopic (exact) mass is 414 g/mol. The molecule has 3 rings (SSSR count). The van der Waals surface area contributed by atoms with Gasteiger partial charge in [0.1, 0.15) is 0 Å². The molecular weight excluding hydrogens is 376 g/mol. The largest absolute Gasteiger partial charge is 0.351 e. The highest BCUT2D eigenvalue weighted by Gasteiger charge is 2.25. The van der Waals surface area contributed by atoms with Gasteiger partial charge in [0.05, 0.1) is 0 Å². The lowest BCUT2D eigenvalue weighted by molar-refractivity contribution is 0.0938. The van der Waals surface area contributed by atoms with Gasteiger partial charge in [0.2, 0.25) is 0 Å². The summed E-state index contributed by atoms with van der Waals surface area (Å²) in [6.07, 6.45) is 5.86. The highest BCUT2D eigenvalue weighted by Crippen LogP contribution is 2.27. The molecule has 3 amide bonds. The Labute approximate surface area is 181 Å². The van der Waals surface area contributed by atoms with Gasteiger partial charge < -0.3 is 15.5 Å². The van der Waals surface area contributed by atoms with E-state index in [1.54, 1.807) is 0 Å². The van der Waals surface area contributed by atoms with E-state index in [0.29, 0.717) is 24.7 Å². The smallest absolute Gasteiger partial charge is 0.317 e. The number of nitrogens with one attached hydrogen (secondary N) is 2. The first-order chi connectivity index (χ1) is 14.4. The molecule has 1 aromatic rings. The molecule has 0 unspecified atom stereocenters. The van der Waals surface area contributed by atoms with Crippen LogP contribution in [-0.2, 0) is 0 Å². The average molecular weight is 415 g/mol. The minimum atomic E-state index is -0.00766. The Morgan fingerprint density at radius 3 is 2.73 bits per heavy atom. The van der Waals surface area contributed by atoms with Crippen molar-refractivity contribution in [2.45, 2.75) is 70.9 Å². The van der Waals surface area contributed by atoms with Crippen molar-refractivity contribution >= 4 is 11.9 Å². The van der Waals surface area contributed by atoms with Crippen molar-refractivity contribution in [1.29, 1.82) is 0 Å². The maximum Gasteiger partial charge on any atom is 0.317 e. The van der Waals surface area contributed by atoms with E-state index in [1.807, 2.05) is 36.9 Å². The van der Waals surface area contributed by atoms with Crippen LogP contribution in [0.1, 0.15) is 74.7 Å². The zero-order valence-corrected chi connectivity index (χ0v) is 18.8. The van der Waals surface area contributed by atoms with E-state index in [9.17, 15) is 9.59 Å². The van der Waals surface area contributed by atoms with Gasteiger partial charge in [0.25, 0.3) is 5.91 Å². The fourth-order valence-electron chi connectivity index (χ4n) is 4.61. The van der Waals surface area contributed by atoms with Gasteiger partial charge in [0.15, 0.2) is 0 Å². The van der Waals surface area contributed by atoms with Crippen LogP contribution in [0.25, 0.3) is 0 Å². The van der Waals surface area contributed by atoms with Crippen LogP contribution in [0, 0.1) is 0 Å². The fraction of sp³-hybridized carbons (Fsp3) is 0.667. The summed E-state index contributed by atoms with van der Waals surface area (Å²) in [6, 6.07) is 8.70. The molecule has 0 bridgehead atoms. The molecule has 2 aliphatic heterocycles. The van der Waals surface area contributed by atoms with Crippen molar-refractivity contribution in [2.24, 2.45) is 0 Å². The summed E-state index contributed by atoms with van der Waals surface area (Å²) in [5.41, 5.74) is 1.86. The van der Waals surface area contributed by atoms with Crippen LogP contribution in [0.4, 0.5) is 4.79 Å². The molecule has 2 saturated heterocycles. The molecule has 6 nitrogen and oxygen atoms in total. The molecule has 0 aliphatic carbocycles. The summed E-state index contributed by atoms with van der Waals surface area (Å²) in [6.45, 7) is 10.5. The number of hydrogen-bond donors (Lipinski definition) is 2. The van der Waals surface area contributed by atoms with E-state index in [1.165, 1.54) is 19.3 Å². The molecule has 6 heteroatoms. The molecule has 2 N–H and O–H groups in total. The second-order valence-corrected chi connectivity index (χ2v) is 9.15. The Kier molecular flexibility index (Phi) is 8.14. The average Bonchev–Trinajstić information content (AvgIpc) is 2.75. The number of nitrogens with zero attached hydrogens (tertiary/aromatic N) is 2. The molecule has 0 radical (unpaired) electrons. The SMILES string of the molecule is CC(C)NC(=O)N1CCC[C@H](c2cccc(C(=O)NCCN3CCCC[C@H]3C)c2)C1. The number of piperidine rings is 2. The molecule has 1 aromatic carbocycles. The first-order valence-corrected chi connectivity index (χ1v) is 11.6. The van der Waals surface area contributed by atoms with Crippen LogP contribution in [-0.4, -0.2) is 66.5 Å². The van der Waals surface area contributed by atoms with Crippen molar-refractivity contribution in [2.75, 3.05) is 32.7 Å². The minimum absolute atomic E-state index is 0.00766. The van der Waals surface area contributed by atoms with Crippen molar-refractivity contribution in [3.63, 3.8) is 0 Å². The predicted molar refractivity (Wildman–Crippen MR) is 121 cm³/mol. The van der Waals surface area contributed by atoms with E-state index < -0.39 is 0 Å². The van der Waals surface area contributed by atoms with Gasteiger partial charge in [-0.1, -0.05) is 18.6 Å². The van der Waals surface area contributed by atoms with E-state index in [4.69, 9.17) is 0 Å². The maximum absolute atomic E-state index is 12.7. The third kappa shape index (κ3) is 6.21. The lowest BCUT2D eigenvalue weighted by Gasteiger charge is -2.33. The summed E-state index contributed by atoms with van der Waals surface area (Å²) >= 11 is 0. The van der Waals surface area contributed by atoms with Crippen molar-refractivity contribution < 1.29 is 9.59 Å². The third-order valence-corrected chi connectivity index (χ3v) is 6.37. The van der Waals surface area contributed by atoms with Crippen molar-refractivity contribution in [3.8, 4) is 0 Å². The first-order valence-electron chi connectivity index (χ1n) is 11.6. The van der Waals surface area contributed by atoms with Gasteiger partial charge in [-0.15, -0.1) is 0 Å². The van der Waals surface area contributed by atoms with E-state index in [0.717, 1.165) is 38.0 Å². The molecular formula is C24H38N4O2. The van der Waals surface area contributed by atoms with E-state index in [-0.39, 0.29) is 23.9 Å². The Morgan fingerprint density at radius 2 is 1.97 bits per heavy atom. The third-order valence-electron chi connectivity index (χ3n) is 6.37. The van der Waals surface area contributed by atoms with Gasteiger partial charge in [-0.3, -0.25) is 9.69 Å². The Morgan fingerprint density at radius 1 is 1.13 bits per heavy atom. The van der Waals surface area contributed by atoms with Crippen LogP contribution in [0.5, 0.6) is 0 Å². The lowest BCUT2D eigenvalue weighted by atomic mass is 9.89. The molecule has 2 fully saturated rings. The number of benzene rings is 1. The van der Waals surface area contributed by atoms with Gasteiger partial charge in [-0.25, -0.2) is 4.79 Å². The van der Waals surface area contributed by atoms with E-state index in [2.05, 4.69) is 28.5 Å². The van der Waals surface area contributed by atoms with Gasteiger partial charge in [-0.05, 0) is 70.7 Å². The van der Waals surface area contributed by atoms with Gasteiger partial charge in [-0.2, -0.15) is 0 Å². The molecule has 2 aliphatic rings. The van der Waals surface area contributed by atoms with Crippen LogP contribution in [0.3, 0.4) is 0 Å². The van der Waals surface area contributed by atoms with Gasteiger partial charge in [0, 0.05) is 49.7 Å². The molecule has 0 saturated carbocycles. The number of rotatable bonds is 6. The highest BCUT2D eigenvalue weighted by molar-refractivity contribution is 5.94. The Bertz CT molecular complexity index is 721. The Hall–Kier alpha value is -2.08. The number of carbonyl (C=O) groups is 2. The summed E-state index contributed by atoms with van der Waals surface area (Å²) in [4.78, 5) is 29.4. The summed E-state index contributed by atoms with van der Waals surface area (Å²) in [5, 5.41) is 6.08. The predicted octanol–water partition coefficient (Wildman–Crippen LogP) is 3.59. The van der Waals surface area contributed by atoms with E-state index >= 15 is 0 Å². The molecule has 2 heterocycles. The first kappa shape index (κ1) is 22.6. The number of carbonyl (C=O) groups excluding carboxylic acids is 2. The fourth-order valence-corrected chi connectivity index (χ4v) is 4.61. The van der Waals surface area contributed by atoms with Gasteiger partial charge >= 0.3 is 6.03 Å². The van der Waals surface area contributed by atoms with Crippen molar-refractivity contribution in [1.82, 2.24) is 20.4 Å². The molecule has 2 atom stereocenters. The molecule has 0 aromatic heterocycles. The maximum atomic E-state index is 12.7. The molecule has 0 spiro atoms. The molecule has 30 heavy (non-hydrogen) atoms. The minimum Gasteiger partial charge on any atom is -0.351 e. The Balaban J connectivity index is 1.54. The van der Waals surface area contributed by atoms with Crippen LogP contribution in [0.2, 0.25) is 0 Å². The summed E-state index contributed by atoms with van der Waals surface area (Å²) in [5.74, 6) is 0.269. The topological polar surface area (TPSA) is 64.7 Å². The summed E-state index contributed by atoms with van der Waals surface area (Å²) in [7, 11) is 0. The zero-order valence-electron chi connectivity index (χ0n) is 18.8. The van der Waals surface area contributed by atoms with Crippen LogP contribution >= 0.6 is 0 Å². The number of urea groups is 1. The zero-order chi connectivity index (χ0) is 21.5. The second kappa shape index (κ2) is 10.8. The number of hydrogen-bond acceptors (Lipinski definition) is 3. The van der Waals surface area contributed by atoms with Crippen LogP contribution in [0.15, 0.2) is 24.3 Å². The summed E-state index contributed by atoms with van der Waals surface area (Å²) < 4.78 is 0. The number of likely N-dealkylation sites (tertiary alicyclic amines) is 2. The lowest BCUT2D eigenvalue weighted by Crippen LogP contribution is -2.47.